The molecule has 0 aliphatic rings. The van der Waals surface area contributed by atoms with Crippen LogP contribution in [0.2, 0.25) is 0 Å². The van der Waals surface area contributed by atoms with Crippen molar-refractivity contribution in [2.45, 2.75) is 72.6 Å². The van der Waals surface area contributed by atoms with Gasteiger partial charge in [-0.25, -0.2) is 0 Å². The molecule has 1 rings (SSSR count). The fourth-order valence-corrected chi connectivity index (χ4v) is 2.91. The third kappa shape index (κ3) is 8.96. The van der Waals surface area contributed by atoms with Crippen LogP contribution in [0, 0.1) is 0 Å². The van der Waals surface area contributed by atoms with Gasteiger partial charge >= 0.3 is 51.4 Å². The van der Waals surface area contributed by atoms with Crippen LogP contribution in [0.1, 0.15) is 81.3 Å². The molecule has 0 aliphatic heterocycles. The number of benzene rings is 1. The number of hydrogen-bond donors (Lipinski definition) is 2. The van der Waals surface area contributed by atoms with Crippen molar-refractivity contribution < 1.29 is 71.5 Å². The summed E-state index contributed by atoms with van der Waals surface area (Å²) in [6.07, 6.45) is 9.45. The van der Waals surface area contributed by atoms with E-state index in [2.05, 4.69) is 26.8 Å². The average molecular weight is 399 g/mol. The zero-order chi connectivity index (χ0) is 19.7. The van der Waals surface area contributed by atoms with E-state index in [9.17, 15) is 20.1 Å². The number of carboxylic acid groups (broad SMARTS) is 1. The van der Waals surface area contributed by atoms with Crippen LogP contribution in [-0.2, 0) is 12.8 Å². The summed E-state index contributed by atoms with van der Waals surface area (Å²) in [4.78, 5) is 11.5. The first-order valence-corrected chi connectivity index (χ1v) is 9.34. The van der Waals surface area contributed by atoms with Crippen molar-refractivity contribution in [3.05, 3.63) is 46.1 Å². The molecule has 1 aromatic carbocycles. The van der Waals surface area contributed by atoms with Crippen LogP contribution in [0.5, 0.6) is 11.5 Å². The van der Waals surface area contributed by atoms with Crippen LogP contribution in [0.3, 0.4) is 0 Å². The molecule has 4 nitrogen and oxygen atoms in total. The molecule has 2 N–H and O–H groups in total. The van der Waals surface area contributed by atoms with Gasteiger partial charge in [0.15, 0.2) is 0 Å². The molecule has 0 saturated heterocycles. The molecule has 27 heavy (non-hydrogen) atoms. The van der Waals surface area contributed by atoms with E-state index in [0.717, 1.165) is 37.7 Å². The van der Waals surface area contributed by atoms with Gasteiger partial charge in [-0.15, -0.1) is 0 Å². The second kappa shape index (κ2) is 13.6. The van der Waals surface area contributed by atoms with Crippen molar-refractivity contribution in [1.82, 2.24) is 0 Å². The minimum atomic E-state index is -1.40. The van der Waals surface area contributed by atoms with Gasteiger partial charge in [-0.1, -0.05) is 43.1 Å². The van der Waals surface area contributed by atoms with E-state index in [1.807, 2.05) is 13.0 Å². The molecule has 0 aliphatic carbocycles. The maximum Gasteiger partial charge on any atom is 1.00 e. The molecule has 0 atom stereocenters. The third-order valence-electron chi connectivity index (χ3n) is 4.46. The van der Waals surface area contributed by atoms with Gasteiger partial charge in [-0.3, -0.25) is 0 Å². The van der Waals surface area contributed by atoms with Gasteiger partial charge in [0.1, 0.15) is 11.5 Å². The Bertz CT molecular complexity index is 686. The summed E-state index contributed by atoms with van der Waals surface area (Å²) in [5.74, 6) is -1.84. The van der Waals surface area contributed by atoms with Crippen LogP contribution in [0.25, 0.3) is 0 Å². The van der Waals surface area contributed by atoms with Crippen LogP contribution in [0.4, 0.5) is 0 Å². The van der Waals surface area contributed by atoms with E-state index in [4.69, 9.17) is 0 Å². The Morgan fingerprint density at radius 3 is 2.37 bits per heavy atom. The van der Waals surface area contributed by atoms with E-state index < -0.39 is 5.97 Å². The summed E-state index contributed by atoms with van der Waals surface area (Å²) >= 11 is 0. The maximum atomic E-state index is 11.5. The first-order chi connectivity index (χ1) is 12.3. The quantitative estimate of drug-likeness (QED) is 0.355. The summed E-state index contributed by atoms with van der Waals surface area (Å²) < 4.78 is 0. The SMILES string of the molecule is CCCCCc1cc(O)c(C/C=C(\C)CCC=C(C)C)c(O)c1C(=O)[O-].[K+]. The van der Waals surface area contributed by atoms with Gasteiger partial charge in [0.2, 0.25) is 0 Å². The number of rotatable bonds is 10. The van der Waals surface area contributed by atoms with Crippen molar-refractivity contribution in [3.8, 4) is 11.5 Å². The molecule has 0 heterocycles. The predicted molar refractivity (Wildman–Crippen MR) is 103 cm³/mol. The molecule has 0 bridgehead atoms. The fourth-order valence-electron chi connectivity index (χ4n) is 2.91. The van der Waals surface area contributed by atoms with Gasteiger partial charge in [-0.2, -0.15) is 0 Å². The summed E-state index contributed by atoms with van der Waals surface area (Å²) in [7, 11) is 0. The predicted octanol–water partition coefficient (Wildman–Crippen LogP) is 1.43. The first kappa shape index (κ1) is 26.4. The van der Waals surface area contributed by atoms with E-state index in [-0.39, 0.29) is 80.4 Å². The normalized spacial score (nSPS) is 11.0. The van der Waals surface area contributed by atoms with Gasteiger partial charge in [0.25, 0.3) is 0 Å². The molecule has 0 saturated carbocycles. The topological polar surface area (TPSA) is 80.6 Å². The Labute approximate surface area is 205 Å². The van der Waals surface area contributed by atoms with E-state index in [1.165, 1.54) is 11.6 Å². The molecular formula is C22H31KO4. The van der Waals surface area contributed by atoms with Gasteiger partial charge in [-0.05, 0) is 64.5 Å². The van der Waals surface area contributed by atoms with Crippen LogP contribution < -0.4 is 56.5 Å². The standard InChI is InChI=1S/C22H32O4.K/c1-5-6-7-11-17-14-19(23)18(21(24)20(17)22(25)26)13-12-16(4)10-8-9-15(2)3;/h9,12,14,23-24H,5-8,10-11,13H2,1-4H3,(H,25,26);/q;+1/p-1/b16-12+;. The van der Waals surface area contributed by atoms with E-state index >= 15 is 0 Å². The summed E-state index contributed by atoms with van der Waals surface area (Å²) in [6, 6.07) is 1.46. The number of aromatic hydroxyl groups is 2. The molecule has 144 valence electrons. The van der Waals surface area contributed by atoms with Crippen molar-refractivity contribution in [1.29, 1.82) is 0 Å². The average Bonchev–Trinajstić information content (AvgIpc) is 2.53. The number of carbonyl (C=O) groups is 1. The minimum absolute atomic E-state index is 0. The number of carboxylic acids is 1. The number of allylic oxidation sites excluding steroid dienone is 4. The molecule has 0 spiro atoms. The summed E-state index contributed by atoms with van der Waals surface area (Å²) in [5, 5.41) is 32.2. The number of unbranched alkanes of at least 4 members (excludes halogenated alkanes) is 2. The van der Waals surface area contributed by atoms with Crippen molar-refractivity contribution >= 4 is 5.97 Å². The molecule has 0 unspecified atom stereocenters. The number of aryl methyl sites for hydroxylation is 1. The first-order valence-electron chi connectivity index (χ1n) is 9.34. The Morgan fingerprint density at radius 2 is 1.81 bits per heavy atom. The zero-order valence-electron chi connectivity index (χ0n) is 17.4. The Morgan fingerprint density at radius 1 is 1.15 bits per heavy atom. The monoisotopic (exact) mass is 398 g/mol. The number of hydrogen-bond acceptors (Lipinski definition) is 4. The van der Waals surface area contributed by atoms with E-state index in [0.29, 0.717) is 12.0 Å². The van der Waals surface area contributed by atoms with Gasteiger partial charge in [0.05, 0.1) is 5.97 Å². The minimum Gasteiger partial charge on any atom is -0.545 e. The van der Waals surface area contributed by atoms with E-state index in [1.54, 1.807) is 0 Å². The van der Waals surface area contributed by atoms with Crippen LogP contribution >= 0.6 is 0 Å². The smallest absolute Gasteiger partial charge is 0.545 e. The number of aromatic carboxylic acids is 1. The number of phenols is 2. The largest absolute Gasteiger partial charge is 1.00 e. The molecule has 5 heteroatoms. The Hall–Kier alpha value is -0.594. The molecule has 0 amide bonds. The second-order valence-corrected chi connectivity index (χ2v) is 7.08. The molecule has 0 aromatic heterocycles. The third-order valence-corrected chi connectivity index (χ3v) is 4.46. The molecule has 1 aromatic rings. The van der Waals surface area contributed by atoms with Gasteiger partial charge in [0, 0.05) is 11.1 Å². The second-order valence-electron chi connectivity index (χ2n) is 7.08. The van der Waals surface area contributed by atoms with Crippen molar-refractivity contribution in [2.24, 2.45) is 0 Å². The molecular weight excluding hydrogens is 367 g/mol. The Kier molecular flexibility index (Phi) is 13.3. The molecule has 0 radical (unpaired) electrons. The van der Waals surface area contributed by atoms with Gasteiger partial charge < -0.3 is 20.1 Å². The van der Waals surface area contributed by atoms with Crippen molar-refractivity contribution in [2.75, 3.05) is 0 Å². The van der Waals surface area contributed by atoms with Crippen molar-refractivity contribution in [3.63, 3.8) is 0 Å². The maximum absolute atomic E-state index is 11.5. The van der Waals surface area contributed by atoms with Crippen LogP contribution in [0.15, 0.2) is 29.4 Å². The number of carbonyl (C=O) groups excluding carboxylic acids is 1. The summed E-state index contributed by atoms with van der Waals surface area (Å²) in [5.41, 5.74) is 2.88. The summed E-state index contributed by atoms with van der Waals surface area (Å²) in [6.45, 7) is 8.16. The fraction of sp³-hybridized carbons (Fsp3) is 0.500. The number of phenolic OH excluding ortho intramolecular Hbond substituents is 1. The molecule has 0 fully saturated rings. The van der Waals surface area contributed by atoms with Crippen LogP contribution in [-0.4, -0.2) is 16.2 Å². The Balaban J connectivity index is 0.00000676. The zero-order valence-corrected chi connectivity index (χ0v) is 20.5.